The van der Waals surface area contributed by atoms with Crippen LogP contribution in [0.15, 0.2) is 78.9 Å². The van der Waals surface area contributed by atoms with E-state index in [-0.39, 0.29) is 17.6 Å². The van der Waals surface area contributed by atoms with Crippen LogP contribution < -0.4 is 4.74 Å². The fraction of sp³-hybridized carbons (Fsp3) is 0.136. The number of nitrogens with zero attached hydrogens (tertiary/aromatic N) is 2. The van der Waals surface area contributed by atoms with E-state index in [0.717, 1.165) is 0 Å². The highest BCUT2D eigenvalue weighted by Gasteiger charge is 2.21. The molecule has 0 N–H and O–H groups in total. The molecular formula is C22H20N2O4. The zero-order chi connectivity index (χ0) is 20.1. The minimum absolute atomic E-state index is 0.00320. The second kappa shape index (κ2) is 8.35. The SMILES string of the molecule is C[C@@H](c1cccc([N+](=O)[O-])c1)N(C)C(=O)c1cccc(Oc2ccccc2)c1. The number of hydrogen-bond donors (Lipinski definition) is 0. The van der Waals surface area contributed by atoms with Crippen molar-refractivity contribution in [3.05, 3.63) is 100 Å². The van der Waals surface area contributed by atoms with Crippen molar-refractivity contribution in [3.63, 3.8) is 0 Å². The van der Waals surface area contributed by atoms with Gasteiger partial charge in [0.1, 0.15) is 11.5 Å². The lowest BCUT2D eigenvalue weighted by Crippen LogP contribution is -2.29. The number of carbonyl (C=O) groups excluding carboxylic acids is 1. The fourth-order valence-corrected chi connectivity index (χ4v) is 2.82. The molecule has 0 radical (unpaired) electrons. The Morgan fingerprint density at radius 3 is 2.36 bits per heavy atom. The van der Waals surface area contributed by atoms with Crippen LogP contribution in [-0.2, 0) is 0 Å². The smallest absolute Gasteiger partial charge is 0.269 e. The number of amides is 1. The van der Waals surface area contributed by atoms with Gasteiger partial charge < -0.3 is 9.64 Å². The van der Waals surface area contributed by atoms with Gasteiger partial charge in [0, 0.05) is 24.7 Å². The van der Waals surface area contributed by atoms with E-state index in [1.165, 1.54) is 12.1 Å². The predicted molar refractivity (Wildman–Crippen MR) is 107 cm³/mol. The lowest BCUT2D eigenvalue weighted by Gasteiger charge is -2.25. The van der Waals surface area contributed by atoms with Crippen LogP contribution in [0, 0.1) is 10.1 Å². The average molecular weight is 376 g/mol. The number of para-hydroxylation sites is 1. The zero-order valence-electron chi connectivity index (χ0n) is 15.6. The third-order valence-electron chi connectivity index (χ3n) is 4.52. The van der Waals surface area contributed by atoms with Crippen LogP contribution in [0.4, 0.5) is 5.69 Å². The van der Waals surface area contributed by atoms with Crippen LogP contribution >= 0.6 is 0 Å². The largest absolute Gasteiger partial charge is 0.457 e. The van der Waals surface area contributed by atoms with E-state index in [0.29, 0.717) is 22.6 Å². The standard InChI is InChI=1S/C22H20N2O4/c1-16(17-8-6-10-19(14-17)24(26)27)23(2)22(25)18-9-7-13-21(15-18)28-20-11-4-3-5-12-20/h3-16H,1-2H3/t16-/m0/s1. The van der Waals surface area contributed by atoms with E-state index in [4.69, 9.17) is 4.74 Å². The summed E-state index contributed by atoms with van der Waals surface area (Å²) in [5.74, 6) is 1.05. The molecule has 142 valence electrons. The highest BCUT2D eigenvalue weighted by atomic mass is 16.6. The summed E-state index contributed by atoms with van der Waals surface area (Å²) in [4.78, 5) is 25.0. The van der Waals surface area contributed by atoms with Crippen molar-refractivity contribution in [3.8, 4) is 11.5 Å². The molecule has 0 aliphatic heterocycles. The first-order valence-corrected chi connectivity index (χ1v) is 8.80. The Morgan fingerprint density at radius 1 is 0.964 bits per heavy atom. The van der Waals surface area contributed by atoms with Crippen molar-refractivity contribution < 1.29 is 14.5 Å². The molecule has 3 aromatic rings. The molecule has 0 unspecified atom stereocenters. The number of nitro groups is 1. The number of carbonyl (C=O) groups is 1. The predicted octanol–water partition coefficient (Wildman–Crippen LogP) is 5.22. The van der Waals surface area contributed by atoms with E-state index >= 15 is 0 Å². The molecule has 6 heteroatoms. The molecule has 3 aromatic carbocycles. The lowest BCUT2D eigenvalue weighted by atomic mass is 10.1. The Morgan fingerprint density at radius 2 is 1.64 bits per heavy atom. The fourth-order valence-electron chi connectivity index (χ4n) is 2.82. The maximum atomic E-state index is 12.9. The molecule has 3 rings (SSSR count). The van der Waals surface area contributed by atoms with Gasteiger partial charge in [-0.15, -0.1) is 0 Å². The Labute approximate surface area is 163 Å². The minimum Gasteiger partial charge on any atom is -0.457 e. The Balaban J connectivity index is 1.78. The molecule has 1 atom stereocenters. The number of benzene rings is 3. The summed E-state index contributed by atoms with van der Waals surface area (Å²) in [5.41, 5.74) is 1.18. The Hall–Kier alpha value is -3.67. The van der Waals surface area contributed by atoms with E-state index in [1.54, 1.807) is 48.3 Å². The van der Waals surface area contributed by atoms with Gasteiger partial charge in [-0.3, -0.25) is 14.9 Å². The number of non-ortho nitro benzene ring substituents is 1. The maximum Gasteiger partial charge on any atom is 0.269 e. The molecule has 0 fully saturated rings. The number of nitro benzene ring substituents is 1. The van der Waals surface area contributed by atoms with Crippen molar-refractivity contribution in [1.82, 2.24) is 4.90 Å². The highest BCUT2D eigenvalue weighted by Crippen LogP contribution is 2.26. The number of hydrogen-bond acceptors (Lipinski definition) is 4. The summed E-state index contributed by atoms with van der Waals surface area (Å²) < 4.78 is 5.79. The maximum absolute atomic E-state index is 12.9. The molecule has 0 saturated heterocycles. The van der Waals surface area contributed by atoms with Gasteiger partial charge >= 0.3 is 0 Å². The summed E-state index contributed by atoms with van der Waals surface area (Å²) in [6, 6.07) is 22.3. The van der Waals surface area contributed by atoms with E-state index in [9.17, 15) is 14.9 Å². The number of ether oxygens (including phenoxy) is 1. The van der Waals surface area contributed by atoms with Crippen LogP contribution in [0.2, 0.25) is 0 Å². The second-order valence-electron chi connectivity index (χ2n) is 6.39. The van der Waals surface area contributed by atoms with Gasteiger partial charge in [-0.1, -0.05) is 36.4 Å². The first kappa shape index (κ1) is 19.1. The van der Waals surface area contributed by atoms with Crippen LogP contribution in [-0.4, -0.2) is 22.8 Å². The van der Waals surface area contributed by atoms with Gasteiger partial charge in [-0.05, 0) is 42.8 Å². The van der Waals surface area contributed by atoms with E-state index < -0.39 is 4.92 Å². The molecule has 0 aromatic heterocycles. The molecule has 6 nitrogen and oxygen atoms in total. The molecular weight excluding hydrogens is 356 g/mol. The molecule has 28 heavy (non-hydrogen) atoms. The molecule has 0 spiro atoms. The second-order valence-corrected chi connectivity index (χ2v) is 6.39. The summed E-state index contributed by atoms with van der Waals surface area (Å²) in [5, 5.41) is 11.0. The molecule has 1 amide bonds. The van der Waals surface area contributed by atoms with Crippen molar-refractivity contribution in [2.45, 2.75) is 13.0 Å². The molecule has 0 heterocycles. The minimum atomic E-state index is -0.442. The Kier molecular flexibility index (Phi) is 5.69. The van der Waals surface area contributed by atoms with Gasteiger partial charge in [0.25, 0.3) is 11.6 Å². The average Bonchev–Trinajstić information content (AvgIpc) is 2.73. The quantitative estimate of drug-likeness (QED) is 0.437. The van der Waals surface area contributed by atoms with Crippen LogP contribution in [0.25, 0.3) is 0 Å². The van der Waals surface area contributed by atoms with Gasteiger partial charge in [0.2, 0.25) is 0 Å². The van der Waals surface area contributed by atoms with Crippen molar-refractivity contribution in [2.75, 3.05) is 7.05 Å². The lowest BCUT2D eigenvalue weighted by molar-refractivity contribution is -0.384. The third-order valence-corrected chi connectivity index (χ3v) is 4.52. The van der Waals surface area contributed by atoms with E-state index in [1.807, 2.05) is 37.3 Å². The van der Waals surface area contributed by atoms with Crippen LogP contribution in [0.1, 0.15) is 28.9 Å². The normalized spacial score (nSPS) is 11.5. The third kappa shape index (κ3) is 4.35. The molecule has 0 aliphatic rings. The molecule has 0 bridgehead atoms. The van der Waals surface area contributed by atoms with Crippen molar-refractivity contribution in [1.29, 1.82) is 0 Å². The highest BCUT2D eigenvalue weighted by molar-refractivity contribution is 5.94. The zero-order valence-corrected chi connectivity index (χ0v) is 15.6. The monoisotopic (exact) mass is 376 g/mol. The summed E-state index contributed by atoms with van der Waals surface area (Å²) in [6.07, 6.45) is 0. The van der Waals surface area contributed by atoms with Gasteiger partial charge in [-0.25, -0.2) is 0 Å². The van der Waals surface area contributed by atoms with E-state index in [2.05, 4.69) is 0 Å². The summed E-state index contributed by atoms with van der Waals surface area (Å²) >= 11 is 0. The van der Waals surface area contributed by atoms with Gasteiger partial charge in [0.15, 0.2) is 0 Å². The van der Waals surface area contributed by atoms with Gasteiger partial charge in [-0.2, -0.15) is 0 Å². The van der Waals surface area contributed by atoms with Crippen LogP contribution in [0.3, 0.4) is 0 Å². The first-order chi connectivity index (χ1) is 13.5. The molecule has 0 aliphatic carbocycles. The van der Waals surface area contributed by atoms with Crippen molar-refractivity contribution >= 4 is 11.6 Å². The number of rotatable bonds is 6. The van der Waals surface area contributed by atoms with Gasteiger partial charge in [0.05, 0.1) is 11.0 Å². The Bertz CT molecular complexity index is 989. The summed E-state index contributed by atoms with van der Waals surface area (Å²) in [6.45, 7) is 1.83. The molecule has 0 saturated carbocycles. The summed E-state index contributed by atoms with van der Waals surface area (Å²) in [7, 11) is 1.68. The topological polar surface area (TPSA) is 72.7 Å². The first-order valence-electron chi connectivity index (χ1n) is 8.80. The van der Waals surface area contributed by atoms with Crippen molar-refractivity contribution in [2.24, 2.45) is 0 Å². The van der Waals surface area contributed by atoms with Crippen LogP contribution in [0.5, 0.6) is 11.5 Å².